The van der Waals surface area contributed by atoms with Crippen LogP contribution >= 0.6 is 7.60 Å². The number of methoxy groups -OCH3 is 1. The molecule has 8 heavy (non-hydrogen) atoms. The van der Waals surface area contributed by atoms with E-state index in [1.165, 1.54) is 7.11 Å². The fourth-order valence-electron chi connectivity index (χ4n) is 0.168. The third-order valence-electron chi connectivity index (χ3n) is 0.297. The quantitative estimate of drug-likeness (QED) is 0.310. The Morgan fingerprint density at radius 3 is 2.12 bits per heavy atom. The standard InChI is InChI=1S/C2H7O4P.Li.H/c1-6-2-7(3,4)5;;/h2H2,1H3,(H2,3,4,5);;/q;+1;-1. The molecule has 46 valence electrons. The van der Waals surface area contributed by atoms with Gasteiger partial charge < -0.3 is 16.0 Å². The van der Waals surface area contributed by atoms with Crippen molar-refractivity contribution in [3.63, 3.8) is 0 Å². The van der Waals surface area contributed by atoms with Crippen LogP contribution in [0.15, 0.2) is 0 Å². The first-order valence-electron chi connectivity index (χ1n) is 1.60. The minimum atomic E-state index is -3.89. The Morgan fingerprint density at radius 2 is 2.12 bits per heavy atom. The van der Waals surface area contributed by atoms with E-state index in [0.29, 0.717) is 0 Å². The van der Waals surface area contributed by atoms with Gasteiger partial charge in [-0.15, -0.1) is 0 Å². The van der Waals surface area contributed by atoms with Crippen molar-refractivity contribution in [3.8, 4) is 0 Å². The monoisotopic (exact) mass is 134 g/mol. The fraction of sp³-hybridized carbons (Fsp3) is 1.00. The summed E-state index contributed by atoms with van der Waals surface area (Å²) >= 11 is 0. The molecule has 0 unspecified atom stereocenters. The van der Waals surface area contributed by atoms with Gasteiger partial charge in [0.05, 0.1) is 0 Å². The normalized spacial score (nSPS) is 10.4. The molecule has 0 amide bonds. The second-order valence-electron chi connectivity index (χ2n) is 1.08. The molecule has 2 N–H and O–H groups in total. The zero-order chi connectivity index (χ0) is 5.91. The van der Waals surface area contributed by atoms with E-state index >= 15 is 0 Å². The predicted molar refractivity (Wildman–Crippen MR) is 25.0 cm³/mol. The van der Waals surface area contributed by atoms with E-state index in [0.717, 1.165) is 0 Å². The molecule has 0 rings (SSSR count). The van der Waals surface area contributed by atoms with E-state index in [1.54, 1.807) is 0 Å². The molecule has 0 aliphatic carbocycles. The van der Waals surface area contributed by atoms with Crippen LogP contribution in [0.5, 0.6) is 0 Å². The van der Waals surface area contributed by atoms with Crippen LogP contribution in [0.25, 0.3) is 0 Å². The van der Waals surface area contributed by atoms with Crippen LogP contribution < -0.4 is 18.9 Å². The van der Waals surface area contributed by atoms with Crippen LogP contribution in [0.4, 0.5) is 0 Å². The van der Waals surface area contributed by atoms with Crippen molar-refractivity contribution in [1.29, 1.82) is 0 Å². The molecule has 0 radical (unpaired) electrons. The molecule has 0 saturated carbocycles. The smallest absolute Gasteiger partial charge is 1.00 e. The molecule has 0 bridgehead atoms. The Bertz CT molecular complexity index is 92.6. The van der Waals surface area contributed by atoms with Crippen LogP contribution in [0.2, 0.25) is 0 Å². The van der Waals surface area contributed by atoms with Crippen molar-refractivity contribution in [2.75, 3.05) is 13.5 Å². The molecule has 6 heteroatoms. The molecule has 0 aliphatic rings. The van der Waals surface area contributed by atoms with Gasteiger partial charge in [-0.2, -0.15) is 0 Å². The molecule has 0 heterocycles. The van der Waals surface area contributed by atoms with Gasteiger partial charge in [-0.1, -0.05) is 0 Å². The van der Waals surface area contributed by atoms with Crippen LogP contribution in [0, 0.1) is 0 Å². The summed E-state index contributed by atoms with van der Waals surface area (Å²) in [6, 6.07) is 0. The van der Waals surface area contributed by atoms with Crippen molar-refractivity contribution >= 4 is 7.60 Å². The largest absolute Gasteiger partial charge is 1.00 e. The van der Waals surface area contributed by atoms with E-state index in [4.69, 9.17) is 9.79 Å². The summed E-state index contributed by atoms with van der Waals surface area (Å²) in [5.74, 6) is 0. The maximum Gasteiger partial charge on any atom is 1.00 e. The average Bonchev–Trinajstić information content (AvgIpc) is 1.30. The second-order valence-corrected chi connectivity index (χ2v) is 2.67. The van der Waals surface area contributed by atoms with Crippen molar-refractivity contribution < 1.29 is 39.4 Å². The Kier molecular flexibility index (Phi) is 6.57. The van der Waals surface area contributed by atoms with E-state index in [-0.39, 0.29) is 20.3 Å². The molecular weight excluding hydrogens is 126 g/mol. The average molecular weight is 134 g/mol. The first kappa shape index (κ1) is 11.5. The zero-order valence-corrected chi connectivity index (χ0v) is 5.76. The summed E-state index contributed by atoms with van der Waals surface area (Å²) in [7, 11) is -2.65. The number of rotatable bonds is 2. The second kappa shape index (κ2) is 4.57. The molecular formula is C2H8LiO4P. The third kappa shape index (κ3) is 9.86. The first-order valence-corrected chi connectivity index (χ1v) is 3.39. The summed E-state index contributed by atoms with van der Waals surface area (Å²) in [4.78, 5) is 16.0. The Balaban J connectivity index is -0.000000180. The summed E-state index contributed by atoms with van der Waals surface area (Å²) in [5, 5.41) is 0. The van der Waals surface area contributed by atoms with Crippen molar-refractivity contribution in [2.24, 2.45) is 0 Å². The molecule has 0 aromatic heterocycles. The topological polar surface area (TPSA) is 66.8 Å². The van der Waals surface area contributed by atoms with Crippen LogP contribution in [-0.2, 0) is 9.30 Å². The van der Waals surface area contributed by atoms with Gasteiger partial charge in [0.1, 0.15) is 6.35 Å². The molecule has 0 saturated heterocycles. The molecule has 0 atom stereocenters. The Hall–Kier alpha value is 0.707. The number of ether oxygens (including phenoxy) is 1. The van der Waals surface area contributed by atoms with Crippen molar-refractivity contribution in [2.45, 2.75) is 0 Å². The Morgan fingerprint density at radius 1 is 1.75 bits per heavy atom. The van der Waals surface area contributed by atoms with Gasteiger partial charge in [0, 0.05) is 7.11 Å². The van der Waals surface area contributed by atoms with Gasteiger partial charge in [-0.05, 0) is 0 Å². The Labute approximate surface area is 61.1 Å². The summed E-state index contributed by atoms with van der Waals surface area (Å²) in [6.45, 7) is 0. The van der Waals surface area contributed by atoms with Gasteiger partial charge in [-0.25, -0.2) is 0 Å². The molecule has 0 spiro atoms. The third-order valence-corrected chi connectivity index (χ3v) is 0.892. The van der Waals surface area contributed by atoms with Crippen LogP contribution in [0.3, 0.4) is 0 Å². The SMILES string of the molecule is COCP(=O)(O)O.[H-].[Li+]. The first-order chi connectivity index (χ1) is 3.06. The van der Waals surface area contributed by atoms with Crippen molar-refractivity contribution in [3.05, 3.63) is 0 Å². The van der Waals surface area contributed by atoms with Gasteiger partial charge >= 0.3 is 26.5 Å². The van der Waals surface area contributed by atoms with Crippen LogP contribution in [-0.4, -0.2) is 23.2 Å². The van der Waals surface area contributed by atoms with E-state index in [9.17, 15) is 4.57 Å². The summed E-state index contributed by atoms with van der Waals surface area (Å²) < 4.78 is 13.9. The predicted octanol–water partition coefficient (Wildman–Crippen LogP) is -3.12. The maximum atomic E-state index is 9.80. The van der Waals surface area contributed by atoms with Crippen LogP contribution in [0.1, 0.15) is 1.43 Å². The van der Waals surface area contributed by atoms with Gasteiger partial charge in [0.15, 0.2) is 0 Å². The molecule has 0 aromatic carbocycles. The van der Waals surface area contributed by atoms with E-state index in [2.05, 4.69) is 4.74 Å². The number of hydrogen-bond acceptors (Lipinski definition) is 2. The minimum absolute atomic E-state index is 0. The maximum absolute atomic E-state index is 9.80. The fourth-order valence-corrected chi connectivity index (χ4v) is 0.505. The summed E-state index contributed by atoms with van der Waals surface area (Å²) in [5.41, 5.74) is 0. The van der Waals surface area contributed by atoms with Gasteiger partial charge in [-0.3, -0.25) is 4.57 Å². The van der Waals surface area contributed by atoms with Gasteiger partial charge in [0.25, 0.3) is 0 Å². The van der Waals surface area contributed by atoms with Crippen molar-refractivity contribution in [1.82, 2.24) is 0 Å². The molecule has 4 nitrogen and oxygen atoms in total. The summed E-state index contributed by atoms with van der Waals surface area (Å²) in [6.07, 6.45) is -0.493. The van der Waals surface area contributed by atoms with E-state index < -0.39 is 13.9 Å². The molecule has 0 fully saturated rings. The number of hydrogen-bond donors (Lipinski definition) is 2. The molecule has 0 aliphatic heterocycles. The van der Waals surface area contributed by atoms with Gasteiger partial charge in [0.2, 0.25) is 0 Å². The van der Waals surface area contributed by atoms with E-state index in [1.807, 2.05) is 0 Å². The molecule has 0 aromatic rings. The zero-order valence-electron chi connectivity index (χ0n) is 5.87. The minimum Gasteiger partial charge on any atom is -1.00 e.